The van der Waals surface area contributed by atoms with Crippen LogP contribution < -0.4 is 5.32 Å². The second kappa shape index (κ2) is 7.10. The Morgan fingerprint density at radius 3 is 2.74 bits per heavy atom. The molecule has 2 aromatic heterocycles. The standard InChI is InChI=1S/C21H15ClN4O/c22-14-3-6-16-20(9-14)25-11-17-18(12-27)19(26-21(16)17)7-8-24-15-4-1-13(10-23)2-5-15/h1-6,9,11-12,24,26H,7-8H2. The van der Waals surface area contributed by atoms with Gasteiger partial charge in [-0.1, -0.05) is 11.6 Å². The minimum absolute atomic E-state index is 0.624. The lowest BCUT2D eigenvalue weighted by Crippen LogP contribution is -2.06. The minimum Gasteiger partial charge on any atom is -0.385 e. The molecule has 0 aliphatic rings. The molecule has 5 nitrogen and oxygen atoms in total. The Balaban J connectivity index is 1.61. The van der Waals surface area contributed by atoms with Gasteiger partial charge in [0.2, 0.25) is 0 Å². The highest BCUT2D eigenvalue weighted by molar-refractivity contribution is 6.31. The third kappa shape index (κ3) is 3.23. The van der Waals surface area contributed by atoms with Crippen LogP contribution in [-0.4, -0.2) is 22.8 Å². The summed E-state index contributed by atoms with van der Waals surface area (Å²) in [5.41, 5.74) is 4.74. The van der Waals surface area contributed by atoms with Crippen LogP contribution in [0.3, 0.4) is 0 Å². The molecule has 2 aromatic carbocycles. The van der Waals surface area contributed by atoms with E-state index in [2.05, 4.69) is 21.4 Å². The number of rotatable bonds is 5. The molecule has 4 aromatic rings. The van der Waals surface area contributed by atoms with E-state index in [1.807, 2.05) is 30.3 Å². The number of aromatic amines is 1. The molecule has 27 heavy (non-hydrogen) atoms. The molecule has 0 atom stereocenters. The number of fused-ring (bicyclic) bond motifs is 3. The van der Waals surface area contributed by atoms with Crippen molar-refractivity contribution >= 4 is 45.4 Å². The molecule has 132 valence electrons. The molecule has 0 saturated carbocycles. The third-order valence-corrected chi connectivity index (χ3v) is 4.79. The normalized spacial score (nSPS) is 10.8. The largest absolute Gasteiger partial charge is 0.385 e. The lowest BCUT2D eigenvalue weighted by Gasteiger charge is -2.06. The Bertz CT molecular complexity index is 1190. The summed E-state index contributed by atoms with van der Waals surface area (Å²) in [6, 6.07) is 14.9. The minimum atomic E-state index is 0.624. The SMILES string of the molecule is N#Cc1ccc(NCCc2[nH]c3c(cnc4cc(Cl)ccc43)c2C=O)cc1. The summed E-state index contributed by atoms with van der Waals surface area (Å²) in [5, 5.41) is 14.5. The zero-order valence-electron chi connectivity index (χ0n) is 14.3. The van der Waals surface area contributed by atoms with Crippen LogP contribution in [0.1, 0.15) is 21.6 Å². The number of carbonyl (C=O) groups excluding carboxylic acids is 1. The highest BCUT2D eigenvalue weighted by atomic mass is 35.5. The maximum atomic E-state index is 11.7. The van der Waals surface area contributed by atoms with E-state index in [-0.39, 0.29) is 0 Å². The number of aldehydes is 1. The summed E-state index contributed by atoms with van der Waals surface area (Å²) in [4.78, 5) is 19.5. The first-order chi connectivity index (χ1) is 13.2. The van der Waals surface area contributed by atoms with Crippen LogP contribution in [0.2, 0.25) is 5.02 Å². The number of anilines is 1. The molecule has 0 aliphatic carbocycles. The number of aromatic nitrogens is 2. The summed E-state index contributed by atoms with van der Waals surface area (Å²) in [7, 11) is 0. The molecular weight excluding hydrogens is 360 g/mol. The molecule has 0 amide bonds. The zero-order valence-corrected chi connectivity index (χ0v) is 15.0. The number of halogens is 1. The molecular formula is C21H15ClN4O. The molecule has 6 heteroatoms. The summed E-state index contributed by atoms with van der Waals surface area (Å²) in [5.74, 6) is 0. The number of nitriles is 1. The summed E-state index contributed by atoms with van der Waals surface area (Å²) in [6.07, 6.45) is 3.24. The van der Waals surface area contributed by atoms with E-state index in [0.717, 1.165) is 39.5 Å². The Morgan fingerprint density at radius 1 is 1.19 bits per heavy atom. The number of hydrogen-bond donors (Lipinski definition) is 2. The third-order valence-electron chi connectivity index (χ3n) is 4.56. The van der Waals surface area contributed by atoms with E-state index >= 15 is 0 Å². The van der Waals surface area contributed by atoms with Crippen molar-refractivity contribution in [3.63, 3.8) is 0 Å². The molecule has 0 bridgehead atoms. The molecule has 0 aliphatic heterocycles. The maximum Gasteiger partial charge on any atom is 0.152 e. The van der Waals surface area contributed by atoms with E-state index in [1.54, 1.807) is 18.3 Å². The molecule has 4 rings (SSSR count). The van der Waals surface area contributed by atoms with Gasteiger partial charge in [-0.2, -0.15) is 5.26 Å². The van der Waals surface area contributed by atoms with Gasteiger partial charge in [0, 0.05) is 51.9 Å². The molecule has 2 N–H and O–H groups in total. The van der Waals surface area contributed by atoms with E-state index in [1.165, 1.54) is 0 Å². The van der Waals surface area contributed by atoms with Gasteiger partial charge in [-0.05, 0) is 42.5 Å². The molecule has 2 heterocycles. The molecule has 0 spiro atoms. The number of nitrogens with one attached hydrogen (secondary N) is 2. The van der Waals surface area contributed by atoms with Crippen LogP contribution in [0.15, 0.2) is 48.7 Å². The van der Waals surface area contributed by atoms with Gasteiger partial charge in [0.25, 0.3) is 0 Å². The van der Waals surface area contributed by atoms with Gasteiger partial charge in [-0.15, -0.1) is 0 Å². The van der Waals surface area contributed by atoms with Gasteiger partial charge in [-0.3, -0.25) is 9.78 Å². The van der Waals surface area contributed by atoms with E-state index in [9.17, 15) is 4.79 Å². The Labute approximate surface area is 160 Å². The fourth-order valence-corrected chi connectivity index (χ4v) is 3.38. The van der Waals surface area contributed by atoms with Crippen molar-refractivity contribution < 1.29 is 4.79 Å². The smallest absolute Gasteiger partial charge is 0.152 e. The van der Waals surface area contributed by atoms with Crippen molar-refractivity contribution in [2.24, 2.45) is 0 Å². The van der Waals surface area contributed by atoms with E-state index in [0.29, 0.717) is 29.1 Å². The Kier molecular flexibility index (Phi) is 4.49. The number of carbonyl (C=O) groups is 1. The number of benzene rings is 2. The number of nitrogens with zero attached hydrogens (tertiary/aromatic N) is 2. The predicted octanol–water partition coefficient (Wildman–Crippen LogP) is 4.71. The van der Waals surface area contributed by atoms with E-state index < -0.39 is 0 Å². The molecule has 0 saturated heterocycles. The topological polar surface area (TPSA) is 81.6 Å². The first kappa shape index (κ1) is 17.1. The van der Waals surface area contributed by atoms with Crippen LogP contribution in [0.25, 0.3) is 21.8 Å². The predicted molar refractivity (Wildman–Crippen MR) is 107 cm³/mol. The molecule has 0 fully saturated rings. The lowest BCUT2D eigenvalue weighted by atomic mass is 10.1. The lowest BCUT2D eigenvalue weighted by molar-refractivity contribution is 0.112. The second-order valence-electron chi connectivity index (χ2n) is 6.21. The van der Waals surface area contributed by atoms with Crippen LogP contribution in [0.4, 0.5) is 5.69 Å². The van der Waals surface area contributed by atoms with Crippen LogP contribution in [0, 0.1) is 11.3 Å². The number of pyridine rings is 1. The first-order valence-electron chi connectivity index (χ1n) is 8.47. The average Bonchev–Trinajstić information content (AvgIpc) is 3.06. The monoisotopic (exact) mass is 374 g/mol. The Hall–Kier alpha value is -3.36. The molecule has 0 unspecified atom stereocenters. The zero-order chi connectivity index (χ0) is 18.8. The summed E-state index contributed by atoms with van der Waals surface area (Å²) in [6.45, 7) is 0.650. The fraction of sp³-hybridized carbons (Fsp3) is 0.0952. The fourth-order valence-electron chi connectivity index (χ4n) is 3.21. The van der Waals surface area contributed by atoms with Gasteiger partial charge in [0.15, 0.2) is 6.29 Å². The highest BCUT2D eigenvalue weighted by Gasteiger charge is 2.14. The van der Waals surface area contributed by atoms with Crippen molar-refractivity contribution in [3.8, 4) is 6.07 Å². The second-order valence-corrected chi connectivity index (χ2v) is 6.65. The van der Waals surface area contributed by atoms with Crippen molar-refractivity contribution in [1.82, 2.24) is 9.97 Å². The number of H-pyrrole nitrogens is 1. The van der Waals surface area contributed by atoms with Gasteiger partial charge in [0.05, 0.1) is 22.7 Å². The van der Waals surface area contributed by atoms with Crippen molar-refractivity contribution in [2.45, 2.75) is 6.42 Å². The van der Waals surface area contributed by atoms with Crippen LogP contribution >= 0.6 is 11.6 Å². The van der Waals surface area contributed by atoms with Gasteiger partial charge in [0.1, 0.15) is 0 Å². The summed E-state index contributed by atoms with van der Waals surface area (Å²) >= 11 is 6.05. The van der Waals surface area contributed by atoms with Crippen molar-refractivity contribution in [2.75, 3.05) is 11.9 Å². The van der Waals surface area contributed by atoms with Crippen molar-refractivity contribution in [3.05, 3.63) is 70.5 Å². The van der Waals surface area contributed by atoms with Crippen LogP contribution in [0.5, 0.6) is 0 Å². The van der Waals surface area contributed by atoms with Crippen molar-refractivity contribution in [1.29, 1.82) is 5.26 Å². The molecule has 0 radical (unpaired) electrons. The maximum absolute atomic E-state index is 11.7. The van der Waals surface area contributed by atoms with Gasteiger partial charge < -0.3 is 10.3 Å². The average molecular weight is 375 g/mol. The van der Waals surface area contributed by atoms with Gasteiger partial charge in [-0.25, -0.2) is 0 Å². The highest BCUT2D eigenvalue weighted by Crippen LogP contribution is 2.29. The summed E-state index contributed by atoms with van der Waals surface area (Å²) < 4.78 is 0. The number of hydrogen-bond acceptors (Lipinski definition) is 4. The van der Waals surface area contributed by atoms with Crippen LogP contribution in [-0.2, 0) is 6.42 Å². The van der Waals surface area contributed by atoms with Gasteiger partial charge >= 0.3 is 0 Å². The Morgan fingerprint density at radius 2 is 2.00 bits per heavy atom. The van der Waals surface area contributed by atoms with E-state index in [4.69, 9.17) is 16.9 Å². The quantitative estimate of drug-likeness (QED) is 0.496. The first-order valence-corrected chi connectivity index (χ1v) is 8.85.